The van der Waals surface area contributed by atoms with Gasteiger partial charge in [0.05, 0.1) is 22.2 Å². The number of benzene rings is 4. The zero-order chi connectivity index (χ0) is 23.4. The summed E-state index contributed by atoms with van der Waals surface area (Å²) in [6.07, 6.45) is 1.82. The summed E-state index contributed by atoms with van der Waals surface area (Å²) in [5, 5.41) is 3.42. The quantitative estimate of drug-likeness (QED) is 0.256. The number of ether oxygens (including phenoxy) is 1. The molecular weight excluding hydrogens is 430 g/mol. The zero-order valence-corrected chi connectivity index (χ0v) is 19.1. The Balaban J connectivity index is 1.42. The first-order valence-electron chi connectivity index (χ1n) is 11.7. The molecule has 0 saturated carbocycles. The molecule has 0 amide bonds. The van der Waals surface area contributed by atoms with Crippen molar-refractivity contribution in [2.75, 3.05) is 0 Å². The number of imidazole rings is 1. The SMILES string of the molecule is Cc1ccc(Oc2ccc3c4ccccc4n4c5ccccc5nc4c3c2)cc1-c1ccccn1. The fourth-order valence-electron chi connectivity index (χ4n) is 4.95. The van der Waals surface area contributed by atoms with Gasteiger partial charge in [0.1, 0.15) is 17.1 Å². The highest BCUT2D eigenvalue weighted by atomic mass is 16.5. The van der Waals surface area contributed by atoms with E-state index >= 15 is 0 Å². The third kappa shape index (κ3) is 3.15. The molecule has 0 radical (unpaired) electrons. The van der Waals surface area contributed by atoms with E-state index in [4.69, 9.17) is 9.72 Å². The summed E-state index contributed by atoms with van der Waals surface area (Å²) in [5.41, 5.74) is 7.33. The van der Waals surface area contributed by atoms with E-state index in [1.54, 1.807) is 0 Å². The lowest BCUT2D eigenvalue weighted by Gasteiger charge is -2.12. The monoisotopic (exact) mass is 451 g/mol. The van der Waals surface area contributed by atoms with Crippen LogP contribution in [0.2, 0.25) is 0 Å². The number of aryl methyl sites for hydroxylation is 1. The van der Waals surface area contributed by atoms with Crippen LogP contribution in [0.4, 0.5) is 0 Å². The van der Waals surface area contributed by atoms with E-state index in [1.165, 1.54) is 5.39 Å². The lowest BCUT2D eigenvalue weighted by atomic mass is 10.0. The molecule has 4 nitrogen and oxygen atoms in total. The van der Waals surface area contributed by atoms with Crippen LogP contribution in [-0.4, -0.2) is 14.4 Å². The van der Waals surface area contributed by atoms with Gasteiger partial charge in [0.2, 0.25) is 0 Å². The van der Waals surface area contributed by atoms with Crippen LogP contribution in [0.15, 0.2) is 109 Å². The summed E-state index contributed by atoms with van der Waals surface area (Å²) in [4.78, 5) is 9.52. The van der Waals surface area contributed by atoms with Gasteiger partial charge in [-0.05, 0) is 78.5 Å². The fraction of sp³-hybridized carbons (Fsp3) is 0.0323. The smallest absolute Gasteiger partial charge is 0.146 e. The van der Waals surface area contributed by atoms with Gasteiger partial charge in [0.15, 0.2) is 0 Å². The highest BCUT2D eigenvalue weighted by Crippen LogP contribution is 2.36. The summed E-state index contributed by atoms with van der Waals surface area (Å²) >= 11 is 0. The molecule has 7 aromatic rings. The molecule has 4 heteroatoms. The topological polar surface area (TPSA) is 39.4 Å². The highest BCUT2D eigenvalue weighted by Gasteiger charge is 2.14. The van der Waals surface area contributed by atoms with Gasteiger partial charge in [-0.3, -0.25) is 9.38 Å². The van der Waals surface area contributed by atoms with Gasteiger partial charge in [-0.1, -0.05) is 42.5 Å². The van der Waals surface area contributed by atoms with Gasteiger partial charge in [0, 0.05) is 22.5 Å². The Labute approximate surface area is 202 Å². The van der Waals surface area contributed by atoms with E-state index < -0.39 is 0 Å². The number of fused-ring (bicyclic) bond motifs is 8. The van der Waals surface area contributed by atoms with Gasteiger partial charge < -0.3 is 4.74 Å². The number of nitrogens with zero attached hydrogens (tertiary/aromatic N) is 3. The highest BCUT2D eigenvalue weighted by molar-refractivity contribution is 6.14. The molecule has 0 N–H and O–H groups in total. The summed E-state index contributed by atoms with van der Waals surface area (Å²) in [7, 11) is 0. The van der Waals surface area contributed by atoms with Gasteiger partial charge >= 0.3 is 0 Å². The predicted octanol–water partition coefficient (Wildman–Crippen LogP) is 7.96. The molecule has 0 aliphatic rings. The molecule has 35 heavy (non-hydrogen) atoms. The molecule has 0 spiro atoms. The van der Waals surface area contributed by atoms with Crippen molar-refractivity contribution in [1.29, 1.82) is 0 Å². The van der Waals surface area contributed by atoms with Crippen molar-refractivity contribution < 1.29 is 4.74 Å². The second kappa shape index (κ2) is 7.67. The van der Waals surface area contributed by atoms with E-state index in [-0.39, 0.29) is 0 Å². The molecule has 7 rings (SSSR count). The molecule has 0 saturated heterocycles. The Kier molecular flexibility index (Phi) is 4.33. The first-order valence-corrected chi connectivity index (χ1v) is 11.7. The third-order valence-electron chi connectivity index (χ3n) is 6.61. The summed E-state index contributed by atoms with van der Waals surface area (Å²) in [5.74, 6) is 1.55. The Morgan fingerprint density at radius 2 is 1.43 bits per heavy atom. The van der Waals surface area contributed by atoms with E-state index in [2.05, 4.69) is 83.0 Å². The van der Waals surface area contributed by atoms with Crippen molar-refractivity contribution in [1.82, 2.24) is 14.4 Å². The molecule has 3 heterocycles. The first-order chi connectivity index (χ1) is 17.3. The Bertz CT molecular complexity index is 1890. The van der Waals surface area contributed by atoms with Crippen LogP contribution >= 0.6 is 0 Å². The zero-order valence-electron chi connectivity index (χ0n) is 19.1. The van der Waals surface area contributed by atoms with Crippen LogP contribution in [0, 0.1) is 6.92 Å². The van der Waals surface area contributed by atoms with Crippen molar-refractivity contribution in [3.8, 4) is 22.8 Å². The molecule has 0 fully saturated rings. The van der Waals surface area contributed by atoms with Crippen molar-refractivity contribution in [2.45, 2.75) is 6.92 Å². The van der Waals surface area contributed by atoms with Crippen LogP contribution in [0.1, 0.15) is 5.56 Å². The van der Waals surface area contributed by atoms with Crippen LogP contribution < -0.4 is 4.74 Å². The summed E-state index contributed by atoms with van der Waals surface area (Å²) < 4.78 is 8.63. The largest absolute Gasteiger partial charge is 0.457 e. The molecular formula is C31H21N3O. The van der Waals surface area contributed by atoms with Crippen LogP contribution in [0.25, 0.3) is 49.6 Å². The van der Waals surface area contributed by atoms with Gasteiger partial charge in [0.25, 0.3) is 0 Å². The first kappa shape index (κ1) is 19.7. The van der Waals surface area contributed by atoms with Crippen LogP contribution in [0.3, 0.4) is 0 Å². The van der Waals surface area contributed by atoms with Crippen molar-refractivity contribution >= 4 is 38.4 Å². The standard InChI is InChI=1S/C31H21N3O/c1-20-13-14-21(18-25(20)27-9-6-7-17-32-27)35-22-15-16-23-24-8-2-4-11-29(24)34-30-12-5-3-10-28(30)33-31(34)26(23)19-22/h2-19H,1H3. The molecule has 166 valence electrons. The van der Waals surface area contributed by atoms with E-state index in [9.17, 15) is 0 Å². The van der Waals surface area contributed by atoms with Gasteiger partial charge in [-0.15, -0.1) is 0 Å². The van der Waals surface area contributed by atoms with Crippen LogP contribution in [-0.2, 0) is 0 Å². The average molecular weight is 452 g/mol. The minimum atomic E-state index is 0.776. The van der Waals surface area contributed by atoms with Gasteiger partial charge in [-0.2, -0.15) is 0 Å². The third-order valence-corrected chi connectivity index (χ3v) is 6.61. The minimum Gasteiger partial charge on any atom is -0.457 e. The maximum absolute atomic E-state index is 6.37. The van der Waals surface area contributed by atoms with E-state index in [1.807, 2.05) is 42.6 Å². The van der Waals surface area contributed by atoms with Crippen LogP contribution in [0.5, 0.6) is 11.5 Å². The molecule has 0 unspecified atom stereocenters. The lowest BCUT2D eigenvalue weighted by molar-refractivity contribution is 0.483. The van der Waals surface area contributed by atoms with Crippen molar-refractivity contribution in [2.24, 2.45) is 0 Å². The molecule has 0 aliphatic heterocycles. The molecule has 0 atom stereocenters. The van der Waals surface area contributed by atoms with Gasteiger partial charge in [-0.25, -0.2) is 4.98 Å². The average Bonchev–Trinajstić information content (AvgIpc) is 3.31. The number of hydrogen-bond acceptors (Lipinski definition) is 3. The number of pyridine rings is 2. The summed E-state index contributed by atoms with van der Waals surface area (Å²) in [6, 6.07) is 35.1. The Morgan fingerprint density at radius 1 is 0.657 bits per heavy atom. The lowest BCUT2D eigenvalue weighted by Crippen LogP contribution is -1.93. The number of hydrogen-bond donors (Lipinski definition) is 0. The fourth-order valence-corrected chi connectivity index (χ4v) is 4.95. The molecule has 3 aromatic heterocycles. The molecule has 0 bridgehead atoms. The molecule has 0 aliphatic carbocycles. The molecule has 4 aromatic carbocycles. The second-order valence-electron chi connectivity index (χ2n) is 8.78. The van der Waals surface area contributed by atoms with E-state index in [0.29, 0.717) is 0 Å². The predicted molar refractivity (Wildman–Crippen MR) is 142 cm³/mol. The Hall–Kier alpha value is -4.70. The normalized spacial score (nSPS) is 11.6. The maximum Gasteiger partial charge on any atom is 0.146 e. The number of aromatic nitrogens is 3. The maximum atomic E-state index is 6.37. The Morgan fingerprint density at radius 3 is 2.31 bits per heavy atom. The van der Waals surface area contributed by atoms with Crippen molar-refractivity contribution in [3.05, 3.63) is 115 Å². The number of para-hydroxylation sites is 3. The number of rotatable bonds is 3. The van der Waals surface area contributed by atoms with Crippen molar-refractivity contribution in [3.63, 3.8) is 0 Å². The minimum absolute atomic E-state index is 0.776. The van der Waals surface area contributed by atoms with E-state index in [0.717, 1.165) is 61.3 Å². The second-order valence-corrected chi connectivity index (χ2v) is 8.78. The summed E-state index contributed by atoms with van der Waals surface area (Å²) in [6.45, 7) is 2.09.